The van der Waals surface area contributed by atoms with Crippen LogP contribution in [-0.4, -0.2) is 34.2 Å². The third-order valence-electron chi connectivity index (χ3n) is 3.95. The number of aliphatic hydroxyl groups excluding tert-OH is 1. The molecular weight excluding hydrogens is 228 g/mol. The minimum atomic E-state index is -0.451. The number of hydrogen-bond donors (Lipinski definition) is 1. The average molecular weight is 252 g/mol. The lowest BCUT2D eigenvalue weighted by Gasteiger charge is -2.32. The molecule has 0 bridgehead atoms. The topological polar surface area (TPSA) is 47.3 Å². The third-order valence-corrected chi connectivity index (χ3v) is 3.95. The maximum Gasteiger partial charge on any atom is 0.0862 e. The summed E-state index contributed by atoms with van der Waals surface area (Å²) in [7, 11) is 3.60. The van der Waals surface area contributed by atoms with Crippen LogP contribution in [0.15, 0.2) is 12.3 Å². The minimum Gasteiger partial charge on any atom is -0.390 e. The predicted octanol–water partition coefficient (Wildman–Crippen LogP) is 1.92. The SMILES string of the molecule is COC(C(O)Cc1ccn(C)n1)C1CCCCC1. The van der Waals surface area contributed by atoms with Gasteiger partial charge in [0.2, 0.25) is 0 Å². The first-order valence-corrected chi connectivity index (χ1v) is 6.90. The molecule has 102 valence electrons. The van der Waals surface area contributed by atoms with Gasteiger partial charge in [-0.25, -0.2) is 0 Å². The molecule has 2 unspecified atom stereocenters. The molecule has 1 N–H and O–H groups in total. The number of aromatic nitrogens is 2. The van der Waals surface area contributed by atoms with Gasteiger partial charge < -0.3 is 9.84 Å². The second-order valence-corrected chi connectivity index (χ2v) is 5.35. The summed E-state index contributed by atoms with van der Waals surface area (Å²) < 4.78 is 7.31. The molecule has 0 spiro atoms. The van der Waals surface area contributed by atoms with Gasteiger partial charge in [0.1, 0.15) is 0 Å². The molecule has 0 aromatic carbocycles. The second kappa shape index (κ2) is 6.34. The van der Waals surface area contributed by atoms with E-state index in [1.165, 1.54) is 32.1 Å². The van der Waals surface area contributed by atoms with E-state index in [1.807, 2.05) is 19.3 Å². The molecule has 4 heteroatoms. The number of aliphatic hydroxyl groups is 1. The van der Waals surface area contributed by atoms with Crippen LogP contribution in [0.4, 0.5) is 0 Å². The van der Waals surface area contributed by atoms with Crippen molar-refractivity contribution in [3.05, 3.63) is 18.0 Å². The quantitative estimate of drug-likeness (QED) is 0.871. The van der Waals surface area contributed by atoms with E-state index in [0.29, 0.717) is 12.3 Å². The van der Waals surface area contributed by atoms with Gasteiger partial charge in [-0.2, -0.15) is 5.10 Å². The summed E-state index contributed by atoms with van der Waals surface area (Å²) in [5, 5.41) is 14.7. The predicted molar refractivity (Wildman–Crippen MR) is 70.3 cm³/mol. The van der Waals surface area contributed by atoms with Gasteiger partial charge in [0.15, 0.2) is 0 Å². The van der Waals surface area contributed by atoms with Crippen molar-refractivity contribution in [1.29, 1.82) is 0 Å². The van der Waals surface area contributed by atoms with Crippen molar-refractivity contribution in [2.45, 2.75) is 50.7 Å². The molecule has 1 aromatic rings. The van der Waals surface area contributed by atoms with Crippen LogP contribution >= 0.6 is 0 Å². The molecule has 1 aliphatic rings. The molecule has 0 amide bonds. The highest BCUT2D eigenvalue weighted by Gasteiger charge is 2.29. The number of methoxy groups -OCH3 is 1. The fourth-order valence-corrected chi connectivity index (χ4v) is 3.03. The Morgan fingerprint density at radius 3 is 2.72 bits per heavy atom. The average Bonchev–Trinajstić information content (AvgIpc) is 2.77. The lowest BCUT2D eigenvalue weighted by Crippen LogP contribution is -2.37. The molecule has 1 saturated carbocycles. The van der Waals surface area contributed by atoms with Crippen molar-refractivity contribution in [3.63, 3.8) is 0 Å². The molecule has 2 rings (SSSR count). The summed E-state index contributed by atoms with van der Waals surface area (Å²) in [6.45, 7) is 0. The summed E-state index contributed by atoms with van der Waals surface area (Å²) >= 11 is 0. The van der Waals surface area contributed by atoms with Crippen molar-refractivity contribution in [2.24, 2.45) is 13.0 Å². The Morgan fingerprint density at radius 2 is 2.17 bits per heavy atom. The van der Waals surface area contributed by atoms with E-state index in [1.54, 1.807) is 11.8 Å². The Labute approximate surface area is 109 Å². The number of rotatable bonds is 5. The van der Waals surface area contributed by atoms with Gasteiger partial charge >= 0.3 is 0 Å². The maximum atomic E-state index is 10.3. The monoisotopic (exact) mass is 252 g/mol. The molecule has 0 saturated heterocycles. The van der Waals surface area contributed by atoms with Gasteiger partial charge in [0, 0.05) is 26.8 Å². The number of ether oxygens (including phenoxy) is 1. The maximum absolute atomic E-state index is 10.3. The largest absolute Gasteiger partial charge is 0.390 e. The Balaban J connectivity index is 1.93. The first-order valence-electron chi connectivity index (χ1n) is 6.90. The minimum absolute atomic E-state index is 0.0488. The van der Waals surface area contributed by atoms with Gasteiger partial charge in [-0.3, -0.25) is 4.68 Å². The highest BCUT2D eigenvalue weighted by Crippen LogP contribution is 2.29. The smallest absolute Gasteiger partial charge is 0.0862 e. The van der Waals surface area contributed by atoms with Crippen LogP contribution in [0.1, 0.15) is 37.8 Å². The van der Waals surface area contributed by atoms with Crippen LogP contribution in [0.2, 0.25) is 0 Å². The van der Waals surface area contributed by atoms with Crippen LogP contribution < -0.4 is 0 Å². The fraction of sp³-hybridized carbons (Fsp3) is 0.786. The molecule has 1 aliphatic carbocycles. The summed E-state index contributed by atoms with van der Waals surface area (Å²) in [4.78, 5) is 0. The van der Waals surface area contributed by atoms with Crippen molar-refractivity contribution < 1.29 is 9.84 Å². The summed E-state index contributed by atoms with van der Waals surface area (Å²) in [5.74, 6) is 0.502. The molecule has 4 nitrogen and oxygen atoms in total. The zero-order valence-corrected chi connectivity index (χ0v) is 11.4. The van der Waals surface area contributed by atoms with Gasteiger partial charge in [0.25, 0.3) is 0 Å². The summed E-state index contributed by atoms with van der Waals surface area (Å²) in [5.41, 5.74) is 0.933. The Bertz CT molecular complexity index is 358. The Hall–Kier alpha value is -0.870. The van der Waals surface area contributed by atoms with Gasteiger partial charge in [-0.05, 0) is 24.8 Å². The third kappa shape index (κ3) is 3.33. The summed E-state index contributed by atoms with van der Waals surface area (Å²) in [6.07, 6.45) is 8.20. The van der Waals surface area contributed by atoms with Crippen molar-refractivity contribution >= 4 is 0 Å². The molecule has 1 heterocycles. The molecule has 0 aliphatic heterocycles. The van der Waals surface area contributed by atoms with E-state index < -0.39 is 6.10 Å². The van der Waals surface area contributed by atoms with Crippen LogP contribution in [0, 0.1) is 5.92 Å². The number of aryl methyl sites for hydroxylation is 1. The van der Waals surface area contributed by atoms with E-state index in [4.69, 9.17) is 4.74 Å². The first kappa shape index (κ1) is 13.6. The molecular formula is C14H24N2O2. The highest BCUT2D eigenvalue weighted by molar-refractivity contribution is 5.01. The Kier molecular flexibility index (Phi) is 4.78. The lowest BCUT2D eigenvalue weighted by molar-refractivity contribution is -0.0539. The molecule has 1 fully saturated rings. The van der Waals surface area contributed by atoms with E-state index in [-0.39, 0.29) is 6.10 Å². The molecule has 2 atom stereocenters. The molecule has 0 radical (unpaired) electrons. The zero-order chi connectivity index (χ0) is 13.0. The highest BCUT2D eigenvalue weighted by atomic mass is 16.5. The van der Waals surface area contributed by atoms with E-state index in [2.05, 4.69) is 5.10 Å². The number of nitrogens with zero attached hydrogens (tertiary/aromatic N) is 2. The van der Waals surface area contributed by atoms with Crippen molar-refractivity contribution in [2.75, 3.05) is 7.11 Å². The lowest BCUT2D eigenvalue weighted by atomic mass is 9.82. The van der Waals surface area contributed by atoms with E-state index in [0.717, 1.165) is 5.69 Å². The molecule has 1 aromatic heterocycles. The van der Waals surface area contributed by atoms with Crippen LogP contribution in [0.25, 0.3) is 0 Å². The Morgan fingerprint density at radius 1 is 1.44 bits per heavy atom. The van der Waals surface area contributed by atoms with Gasteiger partial charge in [-0.15, -0.1) is 0 Å². The number of hydrogen-bond acceptors (Lipinski definition) is 3. The van der Waals surface area contributed by atoms with Gasteiger partial charge in [0.05, 0.1) is 17.9 Å². The fourth-order valence-electron chi connectivity index (χ4n) is 3.03. The first-order chi connectivity index (χ1) is 8.70. The van der Waals surface area contributed by atoms with Crippen LogP contribution in [0.5, 0.6) is 0 Å². The van der Waals surface area contributed by atoms with E-state index in [9.17, 15) is 5.11 Å². The van der Waals surface area contributed by atoms with Crippen molar-refractivity contribution in [1.82, 2.24) is 9.78 Å². The normalized spacial score (nSPS) is 20.8. The zero-order valence-electron chi connectivity index (χ0n) is 11.4. The standard InChI is InChI=1S/C14H24N2O2/c1-16-9-8-12(15-16)10-13(17)14(18-2)11-6-4-3-5-7-11/h8-9,11,13-14,17H,3-7,10H2,1-2H3. The molecule has 18 heavy (non-hydrogen) atoms. The second-order valence-electron chi connectivity index (χ2n) is 5.35. The van der Waals surface area contributed by atoms with Crippen molar-refractivity contribution in [3.8, 4) is 0 Å². The van der Waals surface area contributed by atoms with Crippen LogP contribution in [-0.2, 0) is 18.2 Å². The summed E-state index contributed by atoms with van der Waals surface area (Å²) in [6, 6.07) is 1.96. The van der Waals surface area contributed by atoms with E-state index >= 15 is 0 Å². The van der Waals surface area contributed by atoms with Gasteiger partial charge in [-0.1, -0.05) is 19.3 Å². The van der Waals surface area contributed by atoms with Crippen LogP contribution in [0.3, 0.4) is 0 Å².